The maximum atomic E-state index is 13.8. The Hall–Kier alpha value is -3.21. The van der Waals surface area contributed by atoms with Crippen molar-refractivity contribution >= 4 is 31.4 Å². The average molecular weight is 512 g/mol. The van der Waals surface area contributed by atoms with E-state index in [1.807, 2.05) is 30.3 Å². The lowest BCUT2D eigenvalue weighted by Crippen LogP contribution is -2.63. The van der Waals surface area contributed by atoms with Crippen LogP contribution in [-0.2, 0) is 20.9 Å². The molecule has 0 unspecified atom stereocenters. The van der Waals surface area contributed by atoms with Gasteiger partial charge in [0, 0.05) is 20.7 Å². The topological polar surface area (TPSA) is 111 Å². The monoisotopic (exact) mass is 511 g/mol. The maximum Gasteiger partial charge on any atom is 0.270 e. The first kappa shape index (κ1) is 25.9. The molecule has 192 valence electrons. The number of anilines is 1. The van der Waals surface area contributed by atoms with Gasteiger partial charge in [-0.3, -0.25) is 19.3 Å². The predicted molar refractivity (Wildman–Crippen MR) is 138 cm³/mol. The lowest BCUT2D eigenvalue weighted by molar-refractivity contribution is -0.129. The summed E-state index contributed by atoms with van der Waals surface area (Å²) in [6, 6.07) is 13.7. The summed E-state index contributed by atoms with van der Waals surface area (Å²) in [5, 5.41) is 0. The van der Waals surface area contributed by atoms with Crippen molar-refractivity contribution in [1.82, 2.24) is 4.90 Å². The van der Waals surface area contributed by atoms with Crippen molar-refractivity contribution in [3.63, 3.8) is 0 Å². The summed E-state index contributed by atoms with van der Waals surface area (Å²) >= 11 is 0. The Morgan fingerprint density at radius 3 is 2.44 bits per heavy atom. The summed E-state index contributed by atoms with van der Waals surface area (Å²) in [5.74, 6) is -0.633. The van der Waals surface area contributed by atoms with E-state index in [1.54, 1.807) is 6.07 Å². The highest BCUT2D eigenvalue weighted by Gasteiger charge is 2.55. The minimum Gasteiger partial charge on any atom is -0.493 e. The number of Topliss-reactive ketones (excluding diaryl/α,β-unsaturated/α-hetero) is 1. The third-order valence-corrected chi connectivity index (χ3v) is 8.10. The molecule has 0 aliphatic carbocycles. The first-order valence-corrected chi connectivity index (χ1v) is 15.7. The fourth-order valence-electron chi connectivity index (χ4n) is 4.32. The van der Waals surface area contributed by atoms with Crippen LogP contribution in [0.4, 0.5) is 5.69 Å². The number of fused-ring (bicyclic) bond motifs is 2. The molecule has 1 atom stereocenters. The van der Waals surface area contributed by atoms with Crippen LogP contribution in [0, 0.1) is 0 Å². The first-order valence-electron chi connectivity index (χ1n) is 11.9. The van der Waals surface area contributed by atoms with Crippen LogP contribution in [0.25, 0.3) is 0 Å². The Morgan fingerprint density at radius 2 is 1.78 bits per heavy atom. The van der Waals surface area contributed by atoms with Crippen molar-refractivity contribution < 1.29 is 28.6 Å². The van der Waals surface area contributed by atoms with Crippen LogP contribution in [0.3, 0.4) is 0 Å². The molecule has 0 saturated carbocycles. The molecule has 10 heteroatoms. The summed E-state index contributed by atoms with van der Waals surface area (Å²) in [5.41, 5.74) is 6.15. The highest BCUT2D eigenvalue weighted by Crippen LogP contribution is 2.41. The van der Waals surface area contributed by atoms with E-state index in [0.717, 1.165) is 16.5 Å². The quantitative estimate of drug-likeness (QED) is 0.407. The Morgan fingerprint density at radius 1 is 1.06 bits per heavy atom. The van der Waals surface area contributed by atoms with Gasteiger partial charge in [0.1, 0.15) is 13.3 Å². The number of carbonyl (C=O) groups excluding carboxylic acids is 3. The molecule has 36 heavy (non-hydrogen) atoms. The average Bonchev–Trinajstić information content (AvgIpc) is 3.14. The predicted octanol–water partition coefficient (Wildman–Crippen LogP) is 3.00. The fraction of sp³-hybridized carbons (Fsp3) is 0.423. The van der Waals surface area contributed by atoms with E-state index in [1.165, 1.54) is 18.1 Å². The lowest BCUT2D eigenvalue weighted by atomic mass is 10.1. The molecule has 0 aromatic heterocycles. The molecule has 0 bridgehead atoms. The van der Waals surface area contributed by atoms with Crippen molar-refractivity contribution in [1.29, 1.82) is 0 Å². The molecule has 2 aromatic rings. The number of methoxy groups -OCH3 is 1. The van der Waals surface area contributed by atoms with Crippen LogP contribution in [-0.4, -0.2) is 63.2 Å². The van der Waals surface area contributed by atoms with Gasteiger partial charge in [0.15, 0.2) is 22.9 Å². The van der Waals surface area contributed by atoms with Gasteiger partial charge in [-0.1, -0.05) is 50.0 Å². The summed E-state index contributed by atoms with van der Waals surface area (Å²) in [7, 11) is 0.120. The van der Waals surface area contributed by atoms with E-state index < -0.39 is 25.6 Å². The third kappa shape index (κ3) is 5.16. The van der Waals surface area contributed by atoms with Crippen LogP contribution in [0.2, 0.25) is 25.7 Å². The molecule has 2 aliphatic heterocycles. The molecular weight excluding hydrogens is 478 g/mol. The number of carbonyl (C=O) groups is 3. The molecule has 0 radical (unpaired) electrons. The molecule has 1 saturated heterocycles. The number of rotatable bonds is 9. The molecule has 2 aromatic carbocycles. The smallest absolute Gasteiger partial charge is 0.270 e. The maximum absolute atomic E-state index is 13.8. The number of ether oxygens (including phenoxy) is 3. The number of amides is 2. The van der Waals surface area contributed by atoms with E-state index in [2.05, 4.69) is 19.6 Å². The largest absolute Gasteiger partial charge is 0.493 e. The van der Waals surface area contributed by atoms with E-state index in [0.29, 0.717) is 23.8 Å². The number of hydrogen-bond acceptors (Lipinski definition) is 7. The van der Waals surface area contributed by atoms with Crippen LogP contribution < -0.4 is 20.1 Å². The first-order chi connectivity index (χ1) is 17.0. The summed E-state index contributed by atoms with van der Waals surface area (Å²) in [6.07, 6.45) is -0.245. The van der Waals surface area contributed by atoms with Gasteiger partial charge in [0.05, 0.1) is 31.3 Å². The Labute approximate surface area is 212 Å². The van der Waals surface area contributed by atoms with Gasteiger partial charge in [-0.25, -0.2) is 0 Å². The highest BCUT2D eigenvalue weighted by atomic mass is 28.3. The second kappa shape index (κ2) is 10.0. The summed E-state index contributed by atoms with van der Waals surface area (Å²) in [6.45, 7) is 7.12. The van der Waals surface area contributed by atoms with Crippen molar-refractivity contribution in [2.24, 2.45) is 5.73 Å². The van der Waals surface area contributed by atoms with Crippen molar-refractivity contribution in [2.75, 3.05) is 31.9 Å². The second-order valence-electron chi connectivity index (χ2n) is 10.4. The Bertz CT molecular complexity index is 1170. The molecular formula is C26H33N3O6Si. The number of ketones is 1. The molecule has 2 heterocycles. The van der Waals surface area contributed by atoms with Gasteiger partial charge in [-0.15, -0.1) is 0 Å². The lowest BCUT2D eigenvalue weighted by Gasteiger charge is -2.33. The van der Waals surface area contributed by atoms with Gasteiger partial charge < -0.3 is 24.8 Å². The van der Waals surface area contributed by atoms with Crippen LogP contribution >= 0.6 is 0 Å². The van der Waals surface area contributed by atoms with Crippen LogP contribution in [0.15, 0.2) is 42.5 Å². The Balaban J connectivity index is 1.72. The van der Waals surface area contributed by atoms with Crippen molar-refractivity contribution in [3.8, 4) is 11.5 Å². The molecule has 2 amide bonds. The summed E-state index contributed by atoms with van der Waals surface area (Å²) in [4.78, 5) is 42.1. The van der Waals surface area contributed by atoms with Gasteiger partial charge in [0.25, 0.3) is 11.8 Å². The van der Waals surface area contributed by atoms with Gasteiger partial charge in [-0.2, -0.15) is 0 Å². The zero-order valence-corrected chi connectivity index (χ0v) is 22.2. The van der Waals surface area contributed by atoms with E-state index in [4.69, 9.17) is 19.9 Å². The normalized spacial score (nSPS) is 19.8. The summed E-state index contributed by atoms with van der Waals surface area (Å²) < 4.78 is 17.5. The van der Waals surface area contributed by atoms with E-state index >= 15 is 0 Å². The molecule has 0 spiro atoms. The van der Waals surface area contributed by atoms with Crippen molar-refractivity contribution in [2.45, 2.75) is 44.4 Å². The van der Waals surface area contributed by atoms with Gasteiger partial charge >= 0.3 is 0 Å². The molecule has 1 fully saturated rings. The van der Waals surface area contributed by atoms with Crippen LogP contribution in [0.5, 0.6) is 11.5 Å². The highest BCUT2D eigenvalue weighted by molar-refractivity contribution is 6.76. The molecule has 4 rings (SSSR count). The molecule has 2 N–H and O–H groups in total. The molecule has 2 aliphatic rings. The van der Waals surface area contributed by atoms with Gasteiger partial charge in [-0.05, 0) is 17.7 Å². The number of nitrogens with two attached hydrogens (primary N) is 1. The third-order valence-electron chi connectivity index (χ3n) is 6.40. The van der Waals surface area contributed by atoms with Gasteiger partial charge in [0.2, 0.25) is 0 Å². The fourth-order valence-corrected chi connectivity index (χ4v) is 5.07. The minimum atomic E-state index is -1.77. The molecule has 9 nitrogen and oxygen atoms in total. The van der Waals surface area contributed by atoms with Crippen molar-refractivity contribution in [3.05, 3.63) is 53.6 Å². The Kier molecular flexibility index (Phi) is 7.21. The van der Waals surface area contributed by atoms with Crippen LogP contribution in [0.1, 0.15) is 22.3 Å². The number of hydrogen-bond donors (Lipinski definition) is 1. The zero-order chi connectivity index (χ0) is 26.1. The minimum absolute atomic E-state index is 0.102. The second-order valence-corrected chi connectivity index (χ2v) is 16.0. The zero-order valence-electron chi connectivity index (χ0n) is 21.2. The van der Waals surface area contributed by atoms with E-state index in [-0.39, 0.29) is 37.6 Å². The standard InChI is InChI=1S/C26H33N3O6Si/c1-33-22-12-20-21(13-23(22)35-16-18-8-6-5-7-9-18)28(17-34-10-11-36(2,3)4)25(32)26(27)14-19(30)15-29(26)24(20)31/h5-9,12-13H,10-11,14-17,27H2,1-4H3/t26-/m0/s1. The SMILES string of the molecule is COc1cc2c(cc1OCc1ccccc1)N(COCC[Si](C)(C)C)C(=O)[C@]1(N)CC(=O)CN1C2=O. The number of benzene rings is 2. The number of nitrogens with zero attached hydrogens (tertiary/aromatic N) is 2. The van der Waals surface area contributed by atoms with E-state index in [9.17, 15) is 14.4 Å².